The van der Waals surface area contributed by atoms with E-state index in [9.17, 15) is 29.7 Å². The first-order chi connectivity index (χ1) is 36.2. The number of aliphatic hydroxyl groups excluding tert-OH is 3. The standard InChI is InChI=1S/C63H121NO10/c1-4-7-10-13-16-19-22-25-28-31-34-37-40-43-46-49-57(65)64-52-56-60(68)61(69)62(70)63(74-56)72-54-55(73-59(67)51-48-45-42-39-36-33-30-27-24-21-18-15-12-9-6-3)53-71-58(66)50-47-44-41-38-35-32-29-26-23-20-17-14-11-8-5-2/h55-56,60-63,68-70H,4-54H2,1-3H3,(H,64,65)/t55-,56-,60+,61+,62-,63+/m1/s1. The van der Waals surface area contributed by atoms with E-state index in [1.165, 1.54) is 225 Å². The molecule has 6 atom stereocenters. The second kappa shape index (κ2) is 53.2. The predicted molar refractivity (Wildman–Crippen MR) is 305 cm³/mol. The van der Waals surface area contributed by atoms with Crippen LogP contribution in [0.25, 0.3) is 0 Å². The van der Waals surface area contributed by atoms with Crippen molar-refractivity contribution in [3.8, 4) is 0 Å². The van der Waals surface area contributed by atoms with E-state index in [1.807, 2.05) is 0 Å². The number of esters is 2. The second-order valence-electron chi connectivity index (χ2n) is 22.5. The molecule has 0 aromatic heterocycles. The van der Waals surface area contributed by atoms with Gasteiger partial charge in [-0.1, -0.05) is 290 Å². The summed E-state index contributed by atoms with van der Waals surface area (Å²) in [6.45, 7) is 6.23. The molecule has 1 rings (SSSR count). The number of ether oxygens (including phenoxy) is 4. The summed E-state index contributed by atoms with van der Waals surface area (Å²) in [5.41, 5.74) is 0. The third-order valence-electron chi connectivity index (χ3n) is 15.3. The van der Waals surface area contributed by atoms with E-state index in [0.717, 1.165) is 57.8 Å². The molecule has 0 bridgehead atoms. The third kappa shape index (κ3) is 43.2. The first-order valence-corrected chi connectivity index (χ1v) is 32.2. The SMILES string of the molecule is CCCCCCCCCCCCCCCCCC(=O)NC[C@H]1O[C@H](OC[C@@H](COC(=O)CCCCCCCCCCCCCCCCC)OC(=O)CCCCCCCCCCCCCCCCC)[C@H](O)[C@@H](O)[C@H]1O. The van der Waals surface area contributed by atoms with Crippen molar-refractivity contribution in [2.45, 2.75) is 366 Å². The fraction of sp³-hybridized carbons (Fsp3) is 0.952. The van der Waals surface area contributed by atoms with Gasteiger partial charge in [0.05, 0.1) is 6.61 Å². The van der Waals surface area contributed by atoms with E-state index in [4.69, 9.17) is 18.9 Å². The zero-order valence-electron chi connectivity index (χ0n) is 48.7. The minimum Gasteiger partial charge on any atom is -0.462 e. The van der Waals surface area contributed by atoms with Crippen molar-refractivity contribution < 1.29 is 48.7 Å². The number of hydrogen-bond donors (Lipinski definition) is 4. The monoisotopic (exact) mass is 1050 g/mol. The van der Waals surface area contributed by atoms with Gasteiger partial charge in [-0.3, -0.25) is 14.4 Å². The van der Waals surface area contributed by atoms with Crippen LogP contribution in [0.2, 0.25) is 0 Å². The number of aliphatic hydroxyl groups is 3. The molecule has 4 N–H and O–H groups in total. The molecule has 11 nitrogen and oxygen atoms in total. The molecule has 1 aliphatic heterocycles. The van der Waals surface area contributed by atoms with Crippen LogP contribution < -0.4 is 5.32 Å². The summed E-state index contributed by atoms with van der Waals surface area (Å²) in [7, 11) is 0. The van der Waals surface area contributed by atoms with Gasteiger partial charge < -0.3 is 39.6 Å². The molecular weight excluding hydrogens is 931 g/mol. The van der Waals surface area contributed by atoms with Crippen LogP contribution in [0.1, 0.15) is 329 Å². The maximum absolute atomic E-state index is 13.1. The highest BCUT2D eigenvalue weighted by Crippen LogP contribution is 2.24. The minimum absolute atomic E-state index is 0.0724. The molecule has 1 heterocycles. The Kier molecular flexibility index (Phi) is 50.5. The Morgan fingerprint density at radius 2 is 0.703 bits per heavy atom. The molecule has 0 aromatic carbocycles. The Hall–Kier alpha value is -1.79. The lowest BCUT2D eigenvalue weighted by Gasteiger charge is -2.40. The Labute approximate surface area is 455 Å². The van der Waals surface area contributed by atoms with Crippen molar-refractivity contribution >= 4 is 17.8 Å². The Morgan fingerprint density at radius 3 is 1.05 bits per heavy atom. The third-order valence-corrected chi connectivity index (χ3v) is 15.3. The lowest BCUT2D eigenvalue weighted by molar-refractivity contribution is -0.299. The smallest absolute Gasteiger partial charge is 0.306 e. The zero-order valence-corrected chi connectivity index (χ0v) is 48.7. The normalized spacial score (nSPS) is 18.2. The lowest BCUT2D eigenvalue weighted by atomic mass is 9.98. The van der Waals surface area contributed by atoms with Gasteiger partial charge in [0.25, 0.3) is 0 Å². The summed E-state index contributed by atoms with van der Waals surface area (Å²) in [6, 6.07) is 0. The summed E-state index contributed by atoms with van der Waals surface area (Å²) in [5.74, 6) is -0.946. The molecule has 0 aromatic rings. The summed E-state index contributed by atoms with van der Waals surface area (Å²) in [4.78, 5) is 38.7. The topological polar surface area (TPSA) is 161 Å². The van der Waals surface area contributed by atoms with Gasteiger partial charge in [-0.05, 0) is 19.3 Å². The number of nitrogens with one attached hydrogen (secondary N) is 1. The largest absolute Gasteiger partial charge is 0.462 e. The van der Waals surface area contributed by atoms with Crippen molar-refractivity contribution in [1.82, 2.24) is 5.32 Å². The fourth-order valence-corrected chi connectivity index (χ4v) is 10.3. The second-order valence-corrected chi connectivity index (χ2v) is 22.5. The minimum atomic E-state index is -1.60. The predicted octanol–water partition coefficient (Wildman–Crippen LogP) is 16.2. The number of hydrogen-bond acceptors (Lipinski definition) is 10. The van der Waals surface area contributed by atoms with E-state index in [2.05, 4.69) is 26.1 Å². The number of rotatable bonds is 56. The summed E-state index contributed by atoms with van der Waals surface area (Å²) < 4.78 is 23.2. The molecule has 1 saturated heterocycles. The van der Waals surface area contributed by atoms with Crippen LogP contribution in [-0.4, -0.2) is 89.7 Å². The van der Waals surface area contributed by atoms with Crippen LogP contribution in [0, 0.1) is 0 Å². The maximum atomic E-state index is 13.1. The number of unbranched alkanes of at least 4 members (excludes halogenated alkanes) is 42. The molecule has 1 fully saturated rings. The van der Waals surface area contributed by atoms with Gasteiger partial charge >= 0.3 is 11.9 Å². The molecule has 0 spiro atoms. The molecule has 74 heavy (non-hydrogen) atoms. The maximum Gasteiger partial charge on any atom is 0.306 e. The summed E-state index contributed by atoms with van der Waals surface area (Å²) in [6.07, 6.45) is 48.7. The van der Waals surface area contributed by atoms with E-state index in [-0.39, 0.29) is 44.5 Å². The van der Waals surface area contributed by atoms with Crippen LogP contribution in [0.3, 0.4) is 0 Å². The number of carbonyl (C=O) groups excluding carboxylic acids is 3. The molecular formula is C63H121NO10. The van der Waals surface area contributed by atoms with E-state index in [0.29, 0.717) is 12.8 Å². The lowest BCUT2D eigenvalue weighted by Crippen LogP contribution is -2.60. The highest BCUT2D eigenvalue weighted by Gasteiger charge is 2.44. The van der Waals surface area contributed by atoms with Crippen molar-refractivity contribution in [2.75, 3.05) is 19.8 Å². The van der Waals surface area contributed by atoms with Crippen molar-refractivity contribution in [2.24, 2.45) is 0 Å². The fourth-order valence-electron chi connectivity index (χ4n) is 10.3. The zero-order chi connectivity index (χ0) is 53.8. The van der Waals surface area contributed by atoms with Gasteiger partial charge in [0.15, 0.2) is 12.4 Å². The quantitative estimate of drug-likeness (QED) is 0.0341. The van der Waals surface area contributed by atoms with Crippen LogP contribution in [0.5, 0.6) is 0 Å². The van der Waals surface area contributed by atoms with Crippen LogP contribution in [0.4, 0.5) is 0 Å². The van der Waals surface area contributed by atoms with Crippen LogP contribution >= 0.6 is 0 Å². The van der Waals surface area contributed by atoms with Crippen molar-refractivity contribution in [3.05, 3.63) is 0 Å². The van der Waals surface area contributed by atoms with Crippen molar-refractivity contribution in [1.29, 1.82) is 0 Å². The highest BCUT2D eigenvalue weighted by molar-refractivity contribution is 5.75. The summed E-state index contributed by atoms with van der Waals surface area (Å²) in [5, 5.41) is 35.2. The Balaban J connectivity index is 2.49. The van der Waals surface area contributed by atoms with Gasteiger partial charge in [0, 0.05) is 25.8 Å². The van der Waals surface area contributed by atoms with Gasteiger partial charge in [-0.25, -0.2) is 0 Å². The van der Waals surface area contributed by atoms with Crippen molar-refractivity contribution in [3.63, 3.8) is 0 Å². The molecule has 1 amide bonds. The van der Waals surface area contributed by atoms with Gasteiger partial charge in [0.1, 0.15) is 31.0 Å². The molecule has 438 valence electrons. The Bertz CT molecular complexity index is 1240. The molecule has 0 radical (unpaired) electrons. The van der Waals surface area contributed by atoms with E-state index >= 15 is 0 Å². The molecule has 0 unspecified atom stereocenters. The van der Waals surface area contributed by atoms with E-state index in [1.54, 1.807) is 0 Å². The number of amides is 1. The average Bonchev–Trinajstić information content (AvgIpc) is 3.39. The van der Waals surface area contributed by atoms with Gasteiger partial charge in [-0.15, -0.1) is 0 Å². The number of carbonyl (C=O) groups is 3. The van der Waals surface area contributed by atoms with Gasteiger partial charge in [0.2, 0.25) is 5.91 Å². The molecule has 0 saturated carbocycles. The van der Waals surface area contributed by atoms with Crippen LogP contribution in [0.15, 0.2) is 0 Å². The first kappa shape index (κ1) is 70.2. The summed E-state index contributed by atoms with van der Waals surface area (Å²) >= 11 is 0. The van der Waals surface area contributed by atoms with E-state index < -0.39 is 42.8 Å². The Morgan fingerprint density at radius 1 is 0.392 bits per heavy atom. The highest BCUT2D eigenvalue weighted by atomic mass is 16.7. The van der Waals surface area contributed by atoms with Crippen LogP contribution in [-0.2, 0) is 33.3 Å². The first-order valence-electron chi connectivity index (χ1n) is 32.2. The average molecular weight is 1050 g/mol. The molecule has 11 heteroatoms. The van der Waals surface area contributed by atoms with Gasteiger partial charge in [-0.2, -0.15) is 0 Å². The molecule has 1 aliphatic rings. The molecule has 0 aliphatic carbocycles.